The van der Waals surface area contributed by atoms with Gasteiger partial charge in [-0.15, -0.1) is 0 Å². The minimum Gasteiger partial charge on any atom is -0.194 e. The molecule has 0 rings (SSSR count). The first-order chi connectivity index (χ1) is 5.60. The van der Waals surface area contributed by atoms with E-state index in [1.54, 1.807) is 0 Å². The van der Waals surface area contributed by atoms with E-state index in [1.165, 1.54) is 0 Å². The molecule has 0 aliphatic rings. The lowest BCUT2D eigenvalue weighted by Crippen LogP contribution is -2.27. The maximum absolute atomic E-state index is 11.9. The zero-order chi connectivity index (χ0) is 10.9. The molecule has 8 heteroatoms. The highest BCUT2D eigenvalue weighted by atomic mass is 19.4. The summed E-state index contributed by atoms with van der Waals surface area (Å²) in [6, 6.07) is 0.151. The summed E-state index contributed by atoms with van der Waals surface area (Å²) >= 11 is 0. The van der Waals surface area contributed by atoms with Crippen molar-refractivity contribution in [2.24, 2.45) is 0 Å². The van der Waals surface area contributed by atoms with E-state index in [0.717, 1.165) is 0 Å². The van der Waals surface area contributed by atoms with Crippen LogP contribution in [0.4, 0.5) is 30.7 Å². The predicted molar refractivity (Wildman–Crippen MR) is 25.9 cm³/mol. The molecule has 0 heterocycles. The molecule has 0 aliphatic carbocycles. The maximum atomic E-state index is 11.9. The average molecular weight is 207 g/mol. The van der Waals surface area contributed by atoms with Crippen LogP contribution in [0.2, 0.25) is 0 Å². The summed E-state index contributed by atoms with van der Waals surface area (Å²) in [7, 11) is 0. The van der Waals surface area contributed by atoms with Crippen LogP contribution in [0.5, 0.6) is 0 Å². The number of hydrogen-bond acceptors (Lipinski definition) is 1. The predicted octanol–water partition coefficient (Wildman–Crippen LogP) is 2.86. The van der Waals surface area contributed by atoms with E-state index in [-0.39, 0.29) is 6.07 Å². The van der Waals surface area contributed by atoms with Gasteiger partial charge in [-0.2, -0.15) is 36.0 Å². The molecule has 1 nitrogen and oxygen atoms in total. The summed E-state index contributed by atoms with van der Waals surface area (Å²) in [6.45, 7) is 0. The van der Waals surface area contributed by atoms with E-state index in [4.69, 9.17) is 5.26 Å². The minimum atomic E-state index is -5.92. The molecule has 0 aliphatic heterocycles. The Morgan fingerprint density at radius 1 is 0.923 bits per heavy atom. The fourth-order valence-corrected chi connectivity index (χ4v) is 0.465. The topological polar surface area (TPSA) is 23.8 Å². The Hall–Kier alpha value is -1.26. The normalized spacial score (nSPS) is 12.2. The molecular formula is C5F7N. The van der Waals surface area contributed by atoms with E-state index in [9.17, 15) is 30.7 Å². The van der Waals surface area contributed by atoms with Gasteiger partial charge < -0.3 is 0 Å². The molecule has 0 unspecified atom stereocenters. The lowest BCUT2D eigenvalue weighted by molar-refractivity contribution is -0.174. The number of hydrogen-bond donors (Lipinski definition) is 0. The molecule has 0 atom stereocenters. The van der Waals surface area contributed by atoms with Crippen molar-refractivity contribution in [3.63, 3.8) is 0 Å². The molecule has 0 amide bonds. The minimum absolute atomic E-state index is 0.151. The van der Waals surface area contributed by atoms with E-state index in [2.05, 4.69) is 0 Å². The maximum Gasteiger partial charge on any atom is 0.424 e. The smallest absolute Gasteiger partial charge is 0.194 e. The van der Waals surface area contributed by atoms with Crippen molar-refractivity contribution in [3.05, 3.63) is 11.4 Å². The first-order valence-electron chi connectivity index (χ1n) is 2.55. The third-order valence-corrected chi connectivity index (χ3v) is 0.885. The molecule has 0 aromatic rings. The fraction of sp³-hybridized carbons (Fsp3) is 0.400. The summed E-state index contributed by atoms with van der Waals surface area (Å²) in [4.78, 5) is 0. The van der Waals surface area contributed by atoms with Gasteiger partial charge in [0.05, 0.1) is 0 Å². The van der Waals surface area contributed by atoms with Gasteiger partial charge in [0.1, 0.15) is 6.07 Å². The van der Waals surface area contributed by atoms with Gasteiger partial charge in [0.15, 0.2) is 5.57 Å². The van der Waals surface area contributed by atoms with Crippen LogP contribution in [0, 0.1) is 11.3 Å². The van der Waals surface area contributed by atoms with Crippen molar-refractivity contribution in [2.45, 2.75) is 12.4 Å². The first kappa shape index (κ1) is 11.7. The van der Waals surface area contributed by atoms with Crippen molar-refractivity contribution < 1.29 is 30.7 Å². The summed E-state index contributed by atoms with van der Waals surface area (Å²) < 4.78 is 80.8. The summed E-state index contributed by atoms with van der Waals surface area (Å²) in [5.41, 5.74) is -3.41. The number of allylic oxidation sites excluding steroid dienone is 2. The van der Waals surface area contributed by atoms with Crippen molar-refractivity contribution >= 4 is 0 Å². The van der Waals surface area contributed by atoms with E-state index in [1.807, 2.05) is 0 Å². The van der Waals surface area contributed by atoms with Crippen LogP contribution in [0.3, 0.4) is 0 Å². The van der Waals surface area contributed by atoms with E-state index < -0.39 is 23.8 Å². The Kier molecular flexibility index (Phi) is 2.92. The molecule has 0 radical (unpaired) electrons. The van der Waals surface area contributed by atoms with Crippen LogP contribution >= 0.6 is 0 Å². The largest absolute Gasteiger partial charge is 0.424 e. The molecule has 0 spiro atoms. The Balaban J connectivity index is 5.42. The van der Waals surface area contributed by atoms with Crippen LogP contribution in [0.25, 0.3) is 0 Å². The summed E-state index contributed by atoms with van der Waals surface area (Å²) in [5.74, 6) is -2.89. The fourth-order valence-electron chi connectivity index (χ4n) is 0.465. The molecule has 0 aromatic carbocycles. The van der Waals surface area contributed by atoms with Crippen molar-refractivity contribution in [1.29, 1.82) is 5.26 Å². The summed E-state index contributed by atoms with van der Waals surface area (Å²) in [5, 5.41) is 7.55. The zero-order valence-corrected chi connectivity index (χ0v) is 5.59. The highest BCUT2D eigenvalue weighted by Gasteiger charge is 2.54. The Morgan fingerprint density at radius 3 is 1.31 bits per heavy atom. The zero-order valence-electron chi connectivity index (χ0n) is 5.59. The van der Waals surface area contributed by atoms with Crippen LogP contribution in [-0.2, 0) is 0 Å². The van der Waals surface area contributed by atoms with Gasteiger partial charge in [-0.25, -0.2) is 0 Å². The summed E-state index contributed by atoms with van der Waals surface area (Å²) in [6.07, 6.45) is -11.8. The molecule has 0 saturated heterocycles. The van der Waals surface area contributed by atoms with Gasteiger partial charge in [-0.05, 0) is 0 Å². The van der Waals surface area contributed by atoms with Crippen molar-refractivity contribution in [1.82, 2.24) is 0 Å². The molecule has 74 valence electrons. The number of rotatable bonds is 0. The molecule has 0 N–H and O–H groups in total. The average Bonchev–Trinajstić information content (AvgIpc) is 1.80. The number of nitrogens with zero attached hydrogens (tertiary/aromatic N) is 1. The van der Waals surface area contributed by atoms with E-state index in [0.29, 0.717) is 0 Å². The van der Waals surface area contributed by atoms with Crippen molar-refractivity contribution in [2.75, 3.05) is 0 Å². The standard InChI is InChI=1S/C5F7N/c6-2(1-13)3(4(7,8)9)5(10,11)12. The first-order valence-corrected chi connectivity index (χ1v) is 2.55. The van der Waals surface area contributed by atoms with Crippen LogP contribution < -0.4 is 0 Å². The van der Waals surface area contributed by atoms with Crippen LogP contribution in [-0.4, -0.2) is 12.4 Å². The second-order valence-electron chi connectivity index (χ2n) is 1.80. The van der Waals surface area contributed by atoms with Gasteiger partial charge in [-0.1, -0.05) is 0 Å². The highest BCUT2D eigenvalue weighted by molar-refractivity contribution is 5.28. The Bertz CT molecular complexity index is 246. The number of halogens is 7. The lowest BCUT2D eigenvalue weighted by Gasteiger charge is -2.13. The number of nitriles is 1. The van der Waals surface area contributed by atoms with Gasteiger partial charge in [0.25, 0.3) is 0 Å². The molecule has 0 saturated carbocycles. The van der Waals surface area contributed by atoms with Gasteiger partial charge in [0.2, 0.25) is 5.83 Å². The Morgan fingerprint density at radius 2 is 1.23 bits per heavy atom. The molecular weight excluding hydrogens is 207 g/mol. The second-order valence-corrected chi connectivity index (χ2v) is 1.80. The van der Waals surface area contributed by atoms with Gasteiger partial charge in [-0.3, -0.25) is 0 Å². The number of alkyl halides is 6. The van der Waals surface area contributed by atoms with Gasteiger partial charge >= 0.3 is 12.4 Å². The van der Waals surface area contributed by atoms with E-state index >= 15 is 0 Å². The van der Waals surface area contributed by atoms with Crippen molar-refractivity contribution in [3.8, 4) is 6.07 Å². The second kappa shape index (κ2) is 3.24. The lowest BCUT2D eigenvalue weighted by atomic mass is 10.2. The van der Waals surface area contributed by atoms with Crippen LogP contribution in [0.15, 0.2) is 11.4 Å². The Labute approximate surface area is 67.1 Å². The molecule has 0 bridgehead atoms. The quantitative estimate of drug-likeness (QED) is 0.442. The van der Waals surface area contributed by atoms with Crippen LogP contribution in [0.1, 0.15) is 0 Å². The third-order valence-electron chi connectivity index (χ3n) is 0.885. The van der Waals surface area contributed by atoms with Gasteiger partial charge in [0, 0.05) is 0 Å². The SMILES string of the molecule is N#CC(F)=C(C(F)(F)F)C(F)(F)F. The molecule has 13 heavy (non-hydrogen) atoms. The highest BCUT2D eigenvalue weighted by Crippen LogP contribution is 2.40. The third kappa shape index (κ3) is 2.93. The molecule has 0 fully saturated rings. The monoisotopic (exact) mass is 207 g/mol. The molecule has 0 aromatic heterocycles.